The first-order valence-electron chi connectivity index (χ1n) is 14.9. The Morgan fingerprint density at radius 3 is 2.26 bits per heavy atom. The van der Waals surface area contributed by atoms with Crippen LogP contribution in [0.15, 0.2) is 54.3 Å². The zero-order valence-corrected chi connectivity index (χ0v) is 25.1. The number of hydrogen-bond donors (Lipinski definition) is 7. The summed E-state index contributed by atoms with van der Waals surface area (Å²) < 4.78 is 39.3. The molecule has 3 heterocycles. The van der Waals surface area contributed by atoms with E-state index in [4.69, 9.17) is 33.2 Å². The van der Waals surface area contributed by atoms with Crippen molar-refractivity contribution in [2.24, 2.45) is 11.8 Å². The molecule has 2 fully saturated rings. The van der Waals surface area contributed by atoms with Gasteiger partial charge in [-0.3, -0.25) is 0 Å². The fraction of sp³-hybridized carbons (Fsp3) is 0.581. The molecule has 2 saturated heterocycles. The molecule has 1 aromatic rings. The Bertz CT molecular complexity index is 1260. The predicted molar refractivity (Wildman–Crippen MR) is 154 cm³/mol. The first kappa shape index (κ1) is 34.4. The monoisotopic (exact) mass is 652 g/mol. The lowest BCUT2D eigenvalue weighted by Crippen LogP contribution is -2.60. The topological polar surface area (TPSA) is 223 Å². The second kappa shape index (κ2) is 14.9. The summed E-state index contributed by atoms with van der Waals surface area (Å²) in [4.78, 5) is 12.5. The number of aliphatic hydroxyl groups excluding tert-OH is 7. The van der Waals surface area contributed by atoms with Crippen molar-refractivity contribution in [3.05, 3.63) is 59.9 Å². The van der Waals surface area contributed by atoms with Gasteiger partial charge in [0, 0.05) is 12.0 Å². The van der Waals surface area contributed by atoms with E-state index in [1.165, 1.54) is 18.4 Å². The quantitative estimate of drug-likeness (QED) is 0.0852. The minimum atomic E-state index is -1.67. The van der Waals surface area contributed by atoms with Crippen molar-refractivity contribution in [1.82, 2.24) is 0 Å². The summed E-state index contributed by atoms with van der Waals surface area (Å²) in [5.41, 5.74) is 1.15. The third-order valence-electron chi connectivity index (χ3n) is 8.55. The minimum absolute atomic E-state index is 0.429. The molecule has 5 rings (SSSR count). The number of fused-ring (bicyclic) bond motifs is 1. The Labute approximate surface area is 264 Å². The van der Waals surface area contributed by atoms with Gasteiger partial charge in [0.15, 0.2) is 18.7 Å². The van der Waals surface area contributed by atoms with Gasteiger partial charge in [0.1, 0.15) is 42.4 Å². The molecule has 1 aliphatic carbocycles. The fourth-order valence-electron chi connectivity index (χ4n) is 5.97. The van der Waals surface area contributed by atoms with E-state index in [0.717, 1.165) is 0 Å². The van der Waals surface area contributed by atoms with Crippen LogP contribution in [0.2, 0.25) is 0 Å². The molecule has 4 aliphatic rings. The first-order valence-corrected chi connectivity index (χ1v) is 14.9. The van der Waals surface area contributed by atoms with Gasteiger partial charge in [-0.1, -0.05) is 18.2 Å². The Morgan fingerprint density at radius 1 is 0.891 bits per heavy atom. The predicted octanol–water partition coefficient (Wildman–Crippen LogP) is -1.68. The maximum absolute atomic E-state index is 12.5. The maximum atomic E-state index is 12.5. The molecule has 0 saturated carbocycles. The third kappa shape index (κ3) is 7.14. The van der Waals surface area contributed by atoms with Crippen LogP contribution in [0.3, 0.4) is 0 Å². The van der Waals surface area contributed by atoms with Crippen molar-refractivity contribution in [3.63, 3.8) is 0 Å². The smallest absolute Gasteiger partial charge is 0.331 e. The van der Waals surface area contributed by atoms with E-state index in [1.54, 1.807) is 50.5 Å². The number of esters is 1. The molecular weight excluding hydrogens is 612 g/mol. The van der Waals surface area contributed by atoms with E-state index >= 15 is 0 Å². The highest BCUT2D eigenvalue weighted by Gasteiger charge is 2.52. The molecule has 15 nitrogen and oxygen atoms in total. The highest BCUT2D eigenvalue weighted by atomic mass is 16.8. The summed E-state index contributed by atoms with van der Waals surface area (Å²) in [5.74, 6) is -1.31. The lowest BCUT2D eigenvalue weighted by atomic mass is 9.88. The SMILES string of the molecule is COc1ccc(C=CC(=O)O[C@@H]2[C@@H](O)[C@@H](O)[C@H](O[C@H]3C=C(CO)[C@@H]4[C@H](O[C@H]5O[C@H](CO)[C@@H](O)[C@H](O)[C@H]5O)OC=C[C@H]43)O[C@@H]2C)cc1. The van der Waals surface area contributed by atoms with Crippen molar-refractivity contribution in [2.45, 2.75) is 80.7 Å². The molecule has 15 heteroatoms. The first-order chi connectivity index (χ1) is 22.1. The molecule has 3 aliphatic heterocycles. The van der Waals surface area contributed by atoms with Crippen molar-refractivity contribution in [2.75, 3.05) is 20.3 Å². The van der Waals surface area contributed by atoms with Gasteiger partial charge in [0.2, 0.25) is 6.29 Å². The average molecular weight is 653 g/mol. The lowest BCUT2D eigenvalue weighted by Gasteiger charge is -2.43. The van der Waals surface area contributed by atoms with Gasteiger partial charge in [-0.05, 0) is 42.3 Å². The van der Waals surface area contributed by atoms with E-state index in [-0.39, 0.29) is 0 Å². The van der Waals surface area contributed by atoms with Crippen molar-refractivity contribution in [3.8, 4) is 5.75 Å². The normalized spacial score (nSPS) is 40.7. The molecule has 46 heavy (non-hydrogen) atoms. The van der Waals surface area contributed by atoms with Gasteiger partial charge in [-0.25, -0.2) is 4.79 Å². The summed E-state index contributed by atoms with van der Waals surface area (Å²) in [7, 11) is 1.54. The number of rotatable bonds is 10. The Morgan fingerprint density at radius 2 is 1.59 bits per heavy atom. The van der Waals surface area contributed by atoms with Crippen molar-refractivity contribution >= 4 is 12.0 Å². The van der Waals surface area contributed by atoms with Gasteiger partial charge in [0.05, 0.1) is 44.7 Å². The second-order valence-corrected chi connectivity index (χ2v) is 11.5. The molecule has 14 atom stereocenters. The molecule has 1 aromatic carbocycles. The average Bonchev–Trinajstić information content (AvgIpc) is 3.43. The molecule has 0 radical (unpaired) electrons. The molecule has 0 aromatic heterocycles. The Hall–Kier alpha value is -2.93. The highest BCUT2D eigenvalue weighted by Crippen LogP contribution is 2.43. The van der Waals surface area contributed by atoms with Crippen LogP contribution in [0.4, 0.5) is 0 Å². The Kier molecular flexibility index (Phi) is 11.1. The number of benzene rings is 1. The molecule has 0 unspecified atom stereocenters. The molecular formula is C31H40O15. The van der Waals surface area contributed by atoms with Crippen LogP contribution in [0.1, 0.15) is 12.5 Å². The molecule has 0 bridgehead atoms. The highest BCUT2D eigenvalue weighted by molar-refractivity contribution is 5.87. The van der Waals surface area contributed by atoms with Crippen LogP contribution in [0.25, 0.3) is 6.08 Å². The second-order valence-electron chi connectivity index (χ2n) is 11.5. The maximum Gasteiger partial charge on any atom is 0.331 e. The van der Waals surface area contributed by atoms with Gasteiger partial charge < -0.3 is 68.9 Å². The van der Waals surface area contributed by atoms with E-state index in [1.807, 2.05) is 0 Å². The molecule has 0 spiro atoms. The van der Waals surface area contributed by atoms with Crippen LogP contribution < -0.4 is 4.74 Å². The van der Waals surface area contributed by atoms with Crippen LogP contribution >= 0.6 is 0 Å². The summed E-state index contributed by atoms with van der Waals surface area (Å²) in [6, 6.07) is 6.96. The summed E-state index contributed by atoms with van der Waals surface area (Å²) in [5, 5.41) is 72.0. The Balaban J connectivity index is 1.21. The summed E-state index contributed by atoms with van der Waals surface area (Å²) in [6.45, 7) is 0.484. The number of aliphatic hydroxyl groups is 7. The summed E-state index contributed by atoms with van der Waals surface area (Å²) >= 11 is 0. The third-order valence-corrected chi connectivity index (χ3v) is 8.55. The minimum Gasteiger partial charge on any atom is -0.497 e. The van der Waals surface area contributed by atoms with Crippen LogP contribution in [-0.2, 0) is 33.2 Å². The molecule has 0 amide bonds. The van der Waals surface area contributed by atoms with Gasteiger partial charge in [-0.2, -0.15) is 0 Å². The standard InChI is InChI=1S/C31H40O15/c1-14-28(45-21(34)8-5-15-3-6-17(40-2)7-4-15)25(37)27(39)30(42-14)43-19-11-16(12-32)22-18(19)9-10-41-29(22)46-31-26(38)24(36)23(35)20(13-33)44-31/h3-11,14,18-20,22-33,35-39H,12-13H2,1-2H3/t14-,18+,19+,20-,22+,23-,24+,25+,26-,27-,28+,29+,30+,31-/m1/s1. The van der Waals surface area contributed by atoms with Crippen molar-refractivity contribution < 1.29 is 73.7 Å². The summed E-state index contributed by atoms with van der Waals surface area (Å²) in [6.07, 6.45) is -8.87. The van der Waals surface area contributed by atoms with Gasteiger partial charge in [0.25, 0.3) is 0 Å². The number of ether oxygens (including phenoxy) is 7. The van der Waals surface area contributed by atoms with Crippen LogP contribution in [-0.4, -0.2) is 136 Å². The zero-order valence-electron chi connectivity index (χ0n) is 25.1. The van der Waals surface area contributed by atoms with Gasteiger partial charge in [-0.15, -0.1) is 0 Å². The van der Waals surface area contributed by atoms with Crippen LogP contribution in [0.5, 0.6) is 5.75 Å². The van der Waals surface area contributed by atoms with E-state index < -0.39 is 105 Å². The van der Waals surface area contributed by atoms with Crippen LogP contribution in [0, 0.1) is 11.8 Å². The molecule has 7 N–H and O–H groups in total. The van der Waals surface area contributed by atoms with Crippen molar-refractivity contribution in [1.29, 1.82) is 0 Å². The van der Waals surface area contributed by atoms with E-state index in [0.29, 0.717) is 16.9 Å². The largest absolute Gasteiger partial charge is 0.497 e. The number of methoxy groups -OCH3 is 1. The number of carbonyl (C=O) groups is 1. The zero-order chi connectivity index (χ0) is 33.1. The lowest BCUT2D eigenvalue weighted by molar-refractivity contribution is -0.341. The van der Waals surface area contributed by atoms with E-state index in [2.05, 4.69) is 0 Å². The van der Waals surface area contributed by atoms with E-state index in [9.17, 15) is 40.5 Å². The molecule has 254 valence electrons. The number of hydrogen-bond acceptors (Lipinski definition) is 15. The van der Waals surface area contributed by atoms with Gasteiger partial charge >= 0.3 is 5.97 Å². The fourth-order valence-corrected chi connectivity index (χ4v) is 5.97. The number of carbonyl (C=O) groups excluding carboxylic acids is 1.